The quantitative estimate of drug-likeness (QED) is 0.514. The summed E-state index contributed by atoms with van der Waals surface area (Å²) in [5, 5.41) is 15.3. The molecule has 3 aromatic rings. The van der Waals surface area contributed by atoms with Crippen molar-refractivity contribution < 1.29 is 4.74 Å². The van der Waals surface area contributed by atoms with Gasteiger partial charge in [-0.3, -0.25) is 4.90 Å². The molecule has 6 rings (SSSR count). The highest BCUT2D eigenvalue weighted by Gasteiger charge is 2.30. The Kier molecular flexibility index (Phi) is 7.30. The lowest BCUT2D eigenvalue weighted by Gasteiger charge is -2.37. The third-order valence-corrected chi connectivity index (χ3v) is 8.33. The average molecular weight is 512 g/mol. The Labute approximate surface area is 225 Å². The van der Waals surface area contributed by atoms with Gasteiger partial charge in [-0.05, 0) is 43.8 Å². The van der Waals surface area contributed by atoms with Crippen molar-refractivity contribution in [1.82, 2.24) is 20.2 Å². The lowest BCUT2D eigenvalue weighted by molar-refractivity contribution is 0.170. The van der Waals surface area contributed by atoms with Crippen LogP contribution in [0.25, 0.3) is 10.8 Å². The molecule has 8 heteroatoms. The van der Waals surface area contributed by atoms with Crippen LogP contribution in [0.3, 0.4) is 0 Å². The lowest BCUT2D eigenvalue weighted by Crippen LogP contribution is -2.51. The molecule has 2 aromatic carbocycles. The van der Waals surface area contributed by atoms with Crippen molar-refractivity contribution in [3.05, 3.63) is 53.7 Å². The van der Waals surface area contributed by atoms with Crippen LogP contribution >= 0.6 is 0 Å². The molecule has 2 atom stereocenters. The SMILES string of the molecule is CCN1CCC[C@@H]1COc1nc2c(c(N3CCN[C@@H](CC#N)C3)n1)CCN(c1cccc3ccccc13)C2. The number of nitriles is 1. The van der Waals surface area contributed by atoms with E-state index in [1.807, 2.05) is 0 Å². The molecule has 4 heterocycles. The van der Waals surface area contributed by atoms with Crippen molar-refractivity contribution >= 4 is 22.3 Å². The zero-order valence-corrected chi connectivity index (χ0v) is 22.3. The van der Waals surface area contributed by atoms with Gasteiger partial charge in [0.1, 0.15) is 12.4 Å². The average Bonchev–Trinajstić information content (AvgIpc) is 3.43. The van der Waals surface area contributed by atoms with Crippen molar-refractivity contribution in [3.63, 3.8) is 0 Å². The predicted molar refractivity (Wildman–Crippen MR) is 151 cm³/mol. The Hall–Kier alpha value is -3.41. The van der Waals surface area contributed by atoms with Gasteiger partial charge < -0.3 is 19.9 Å². The molecule has 2 saturated heterocycles. The third kappa shape index (κ3) is 5.01. The van der Waals surface area contributed by atoms with E-state index in [9.17, 15) is 5.26 Å². The van der Waals surface area contributed by atoms with E-state index in [0.29, 0.717) is 25.1 Å². The number of nitrogens with one attached hydrogen (secondary N) is 1. The number of likely N-dealkylation sites (N-methyl/N-ethyl adjacent to an activating group) is 1. The number of piperazine rings is 1. The van der Waals surface area contributed by atoms with Crippen LogP contribution in [0.2, 0.25) is 0 Å². The van der Waals surface area contributed by atoms with Gasteiger partial charge >= 0.3 is 6.01 Å². The second-order valence-electron chi connectivity index (χ2n) is 10.6. The Morgan fingerprint density at radius 1 is 1.08 bits per heavy atom. The van der Waals surface area contributed by atoms with Gasteiger partial charge in [0, 0.05) is 54.9 Å². The molecule has 0 aliphatic carbocycles. The van der Waals surface area contributed by atoms with E-state index in [2.05, 4.69) is 75.5 Å². The van der Waals surface area contributed by atoms with Gasteiger partial charge in [-0.1, -0.05) is 43.3 Å². The molecule has 0 unspecified atom stereocenters. The molecule has 3 aliphatic rings. The van der Waals surface area contributed by atoms with Crippen LogP contribution in [0.4, 0.5) is 11.5 Å². The minimum Gasteiger partial charge on any atom is -0.462 e. The van der Waals surface area contributed by atoms with E-state index in [4.69, 9.17) is 14.7 Å². The number of hydrogen-bond acceptors (Lipinski definition) is 8. The van der Waals surface area contributed by atoms with Crippen molar-refractivity contribution in [3.8, 4) is 12.1 Å². The summed E-state index contributed by atoms with van der Waals surface area (Å²) >= 11 is 0. The topological polar surface area (TPSA) is 80.5 Å². The maximum Gasteiger partial charge on any atom is 0.318 e. The Balaban J connectivity index is 1.31. The zero-order chi connectivity index (χ0) is 25.9. The first-order valence-electron chi connectivity index (χ1n) is 14.1. The normalized spacial score (nSPS) is 21.9. The van der Waals surface area contributed by atoms with Gasteiger partial charge in [0.05, 0.1) is 24.7 Å². The van der Waals surface area contributed by atoms with Crippen molar-refractivity contribution in [2.24, 2.45) is 0 Å². The van der Waals surface area contributed by atoms with E-state index < -0.39 is 0 Å². The first-order chi connectivity index (χ1) is 18.7. The molecule has 8 nitrogen and oxygen atoms in total. The Morgan fingerprint density at radius 3 is 2.87 bits per heavy atom. The molecule has 0 bridgehead atoms. The predicted octanol–water partition coefficient (Wildman–Crippen LogP) is 3.75. The van der Waals surface area contributed by atoms with Gasteiger partial charge in [0.15, 0.2) is 0 Å². The summed E-state index contributed by atoms with van der Waals surface area (Å²) in [6, 6.07) is 18.5. The number of nitrogens with zero attached hydrogens (tertiary/aromatic N) is 6. The minimum atomic E-state index is 0.149. The summed E-state index contributed by atoms with van der Waals surface area (Å²) in [5.41, 5.74) is 3.53. The molecule has 0 radical (unpaired) electrons. The summed E-state index contributed by atoms with van der Waals surface area (Å²) in [6.07, 6.45) is 3.76. The van der Waals surface area contributed by atoms with Gasteiger partial charge in [0.25, 0.3) is 0 Å². The summed E-state index contributed by atoms with van der Waals surface area (Å²) in [7, 11) is 0. The van der Waals surface area contributed by atoms with E-state index in [1.54, 1.807) is 0 Å². The molecular formula is C30H37N7O. The maximum atomic E-state index is 9.28. The Morgan fingerprint density at radius 2 is 1.97 bits per heavy atom. The van der Waals surface area contributed by atoms with Crippen LogP contribution < -0.4 is 19.9 Å². The number of fused-ring (bicyclic) bond motifs is 2. The number of benzene rings is 2. The second kappa shape index (κ2) is 11.1. The van der Waals surface area contributed by atoms with Crippen LogP contribution in [0.15, 0.2) is 42.5 Å². The van der Waals surface area contributed by atoms with Gasteiger partial charge in [0.2, 0.25) is 0 Å². The third-order valence-electron chi connectivity index (χ3n) is 8.33. The first kappa shape index (κ1) is 24.9. The molecular weight excluding hydrogens is 474 g/mol. The van der Waals surface area contributed by atoms with E-state index in [-0.39, 0.29) is 6.04 Å². The first-order valence-corrected chi connectivity index (χ1v) is 14.1. The minimum absolute atomic E-state index is 0.149. The van der Waals surface area contributed by atoms with Gasteiger partial charge in [-0.25, -0.2) is 0 Å². The highest BCUT2D eigenvalue weighted by Crippen LogP contribution is 2.34. The molecule has 0 saturated carbocycles. The van der Waals surface area contributed by atoms with Crippen LogP contribution in [0.5, 0.6) is 6.01 Å². The molecule has 0 spiro atoms. The van der Waals surface area contributed by atoms with Gasteiger partial charge in [-0.15, -0.1) is 0 Å². The van der Waals surface area contributed by atoms with Crippen LogP contribution in [-0.4, -0.2) is 72.8 Å². The second-order valence-corrected chi connectivity index (χ2v) is 10.6. The maximum absolute atomic E-state index is 9.28. The molecule has 2 fully saturated rings. The molecule has 0 amide bonds. The van der Waals surface area contributed by atoms with E-state index in [0.717, 1.165) is 70.2 Å². The van der Waals surface area contributed by atoms with Crippen molar-refractivity contribution in [2.75, 3.05) is 55.7 Å². The Bertz CT molecular complexity index is 1320. The highest BCUT2D eigenvalue weighted by atomic mass is 16.5. The van der Waals surface area contributed by atoms with Gasteiger partial charge in [-0.2, -0.15) is 15.2 Å². The number of hydrogen-bond donors (Lipinski definition) is 1. The van der Waals surface area contributed by atoms with Crippen LogP contribution in [-0.2, 0) is 13.0 Å². The fourth-order valence-corrected chi connectivity index (χ4v) is 6.34. The van der Waals surface area contributed by atoms with Crippen molar-refractivity contribution in [1.29, 1.82) is 5.26 Å². The number of anilines is 2. The van der Waals surface area contributed by atoms with E-state index >= 15 is 0 Å². The van der Waals surface area contributed by atoms with E-state index in [1.165, 1.54) is 28.4 Å². The molecule has 1 aromatic heterocycles. The van der Waals surface area contributed by atoms with Crippen LogP contribution in [0, 0.1) is 11.3 Å². The molecule has 38 heavy (non-hydrogen) atoms. The zero-order valence-electron chi connectivity index (χ0n) is 22.3. The number of rotatable bonds is 7. The largest absolute Gasteiger partial charge is 0.462 e. The molecule has 1 N–H and O–H groups in total. The lowest BCUT2D eigenvalue weighted by atomic mass is 10.0. The van der Waals surface area contributed by atoms with Crippen molar-refractivity contribution in [2.45, 2.75) is 51.2 Å². The number of likely N-dealkylation sites (tertiary alicyclic amines) is 1. The fourth-order valence-electron chi connectivity index (χ4n) is 6.34. The van der Waals surface area contributed by atoms with Crippen LogP contribution in [0.1, 0.15) is 37.4 Å². The standard InChI is InChI=1S/C30H37N7O/c1-2-35-16-6-9-24(35)21-38-30-33-27-20-36(28-11-5-8-22-7-3-4-10-25(22)28)17-13-26(27)29(34-30)37-18-15-32-23(19-37)12-14-31/h3-5,7-8,10-11,23-24,32H,2,6,9,12-13,15-21H2,1H3/t23-,24+/m0/s1. The summed E-state index contributed by atoms with van der Waals surface area (Å²) in [5.74, 6) is 0.991. The smallest absolute Gasteiger partial charge is 0.318 e. The highest BCUT2D eigenvalue weighted by molar-refractivity contribution is 5.94. The summed E-state index contributed by atoms with van der Waals surface area (Å²) in [4.78, 5) is 17.3. The number of ether oxygens (including phenoxy) is 1. The number of aromatic nitrogens is 2. The summed E-state index contributed by atoms with van der Waals surface area (Å²) < 4.78 is 6.33. The molecule has 198 valence electrons. The summed E-state index contributed by atoms with van der Waals surface area (Å²) in [6.45, 7) is 9.16. The molecule has 3 aliphatic heterocycles. The monoisotopic (exact) mass is 511 g/mol. The fraction of sp³-hybridized carbons (Fsp3) is 0.500.